The number of ether oxygens (including phenoxy) is 2. The number of alkyl carbamates (subject to hydrolysis) is 2. The van der Waals surface area contributed by atoms with Crippen LogP contribution in [0.4, 0.5) is 14.0 Å². The smallest absolute Gasteiger partial charge is 0.407 e. The number of imidazole rings is 2. The summed E-state index contributed by atoms with van der Waals surface area (Å²) < 4.78 is 25.0. The van der Waals surface area contributed by atoms with Crippen LogP contribution in [0.5, 0.6) is 0 Å². The molecule has 0 bridgehead atoms. The predicted molar refractivity (Wildman–Crippen MR) is 212 cm³/mol. The van der Waals surface area contributed by atoms with Crippen molar-refractivity contribution >= 4 is 24.0 Å². The Labute approximate surface area is 332 Å². The van der Waals surface area contributed by atoms with Crippen LogP contribution in [-0.2, 0) is 19.1 Å². The van der Waals surface area contributed by atoms with Gasteiger partial charge in [-0.25, -0.2) is 19.6 Å². The number of carbonyl (C=O) groups is 4. The Hall–Kier alpha value is -5.73. The first-order valence-electron chi connectivity index (χ1n) is 19.6. The number of benzene rings is 2. The maximum absolute atomic E-state index is 15.5. The molecule has 14 nitrogen and oxygen atoms in total. The highest BCUT2D eigenvalue weighted by Gasteiger charge is 2.43. The molecular formula is C42H53FN8O6. The number of aromatic amines is 2. The Morgan fingerprint density at radius 3 is 1.58 bits per heavy atom. The molecule has 4 aromatic rings. The number of aromatic nitrogens is 4. The van der Waals surface area contributed by atoms with Gasteiger partial charge in [-0.2, -0.15) is 4.39 Å². The third-order valence-corrected chi connectivity index (χ3v) is 11.2. The van der Waals surface area contributed by atoms with Gasteiger partial charge < -0.3 is 39.9 Å². The normalized spacial score (nSPS) is 20.5. The van der Waals surface area contributed by atoms with Gasteiger partial charge in [0.25, 0.3) is 0 Å². The van der Waals surface area contributed by atoms with Gasteiger partial charge in [0, 0.05) is 29.4 Å². The van der Waals surface area contributed by atoms with Gasteiger partial charge in [0.2, 0.25) is 17.8 Å². The molecule has 2 aliphatic heterocycles. The minimum absolute atomic E-state index is 0.0213. The van der Waals surface area contributed by atoms with Crippen LogP contribution in [0.2, 0.25) is 0 Å². The van der Waals surface area contributed by atoms with Crippen LogP contribution in [0.1, 0.15) is 91.0 Å². The van der Waals surface area contributed by atoms with E-state index in [9.17, 15) is 19.2 Å². The summed E-state index contributed by atoms with van der Waals surface area (Å²) in [6.07, 6.45) is 3.38. The number of H-pyrrole nitrogens is 2. The minimum Gasteiger partial charge on any atom is -0.453 e. The van der Waals surface area contributed by atoms with E-state index >= 15 is 4.39 Å². The second-order valence-electron chi connectivity index (χ2n) is 15.7. The zero-order valence-corrected chi connectivity index (χ0v) is 33.8. The van der Waals surface area contributed by atoms with Gasteiger partial charge in [0.1, 0.15) is 29.4 Å². The summed E-state index contributed by atoms with van der Waals surface area (Å²) in [4.78, 5) is 70.6. The molecule has 6 atom stereocenters. The van der Waals surface area contributed by atoms with Gasteiger partial charge in [-0.05, 0) is 62.5 Å². The minimum atomic E-state index is -0.802. The van der Waals surface area contributed by atoms with E-state index in [1.54, 1.807) is 4.90 Å². The average molecular weight is 785 g/mol. The molecule has 304 valence electrons. The van der Waals surface area contributed by atoms with Crippen LogP contribution in [0.15, 0.2) is 54.7 Å². The number of halogens is 1. The Morgan fingerprint density at radius 2 is 1.12 bits per heavy atom. The fourth-order valence-electron chi connectivity index (χ4n) is 7.99. The number of nitrogens with zero attached hydrogens (tertiary/aromatic N) is 4. The molecule has 0 radical (unpaired) electrons. The number of likely N-dealkylation sites (tertiary alicyclic amines) is 2. The van der Waals surface area contributed by atoms with E-state index in [4.69, 9.17) is 14.5 Å². The van der Waals surface area contributed by atoms with Crippen molar-refractivity contribution in [1.82, 2.24) is 40.4 Å². The average Bonchev–Trinajstić information content (AvgIpc) is 4.01. The second kappa shape index (κ2) is 17.2. The molecule has 2 aromatic carbocycles. The van der Waals surface area contributed by atoms with Crippen molar-refractivity contribution in [1.29, 1.82) is 0 Å². The van der Waals surface area contributed by atoms with Crippen molar-refractivity contribution in [3.8, 4) is 33.6 Å². The predicted octanol–water partition coefficient (Wildman–Crippen LogP) is 7.14. The summed E-state index contributed by atoms with van der Waals surface area (Å²) in [5.41, 5.74) is 4.28. The molecule has 4 heterocycles. The second-order valence-corrected chi connectivity index (χ2v) is 15.7. The molecule has 2 saturated heterocycles. The van der Waals surface area contributed by atoms with Crippen molar-refractivity contribution in [3.63, 3.8) is 0 Å². The lowest BCUT2D eigenvalue weighted by molar-refractivity contribution is -0.138. The third-order valence-electron chi connectivity index (χ3n) is 11.2. The summed E-state index contributed by atoms with van der Waals surface area (Å²) >= 11 is 0. The van der Waals surface area contributed by atoms with Gasteiger partial charge in [0.05, 0.1) is 32.0 Å². The van der Waals surface area contributed by atoms with Gasteiger partial charge in [-0.3, -0.25) is 9.59 Å². The molecule has 2 aliphatic rings. The van der Waals surface area contributed by atoms with Gasteiger partial charge in [-0.1, -0.05) is 76.2 Å². The molecule has 2 fully saturated rings. The number of hydrogen-bond acceptors (Lipinski definition) is 8. The summed E-state index contributed by atoms with van der Waals surface area (Å²) in [6.45, 7) is 11.4. The molecule has 0 aliphatic carbocycles. The molecule has 57 heavy (non-hydrogen) atoms. The molecule has 4 N–H and O–H groups in total. The number of nitrogens with one attached hydrogen (secondary N) is 4. The number of hydrogen-bond donors (Lipinski definition) is 4. The molecule has 0 spiro atoms. The first-order valence-corrected chi connectivity index (χ1v) is 19.6. The Bertz CT molecular complexity index is 2060. The summed E-state index contributed by atoms with van der Waals surface area (Å²) in [7, 11) is 2.53. The lowest BCUT2D eigenvalue weighted by Gasteiger charge is -2.32. The van der Waals surface area contributed by atoms with E-state index in [-0.39, 0.29) is 47.5 Å². The van der Waals surface area contributed by atoms with Crippen LogP contribution < -0.4 is 10.6 Å². The number of rotatable bonds is 11. The summed E-state index contributed by atoms with van der Waals surface area (Å²) in [6, 6.07) is 13.0. The molecule has 15 heteroatoms. The topological polar surface area (TPSA) is 175 Å². The highest BCUT2D eigenvalue weighted by Crippen LogP contribution is 2.39. The third kappa shape index (κ3) is 8.52. The zero-order valence-electron chi connectivity index (χ0n) is 33.8. The van der Waals surface area contributed by atoms with E-state index < -0.39 is 36.3 Å². The molecule has 6 rings (SSSR count). The van der Waals surface area contributed by atoms with Crippen molar-refractivity contribution in [2.75, 3.05) is 14.2 Å². The van der Waals surface area contributed by atoms with Crippen LogP contribution in [-0.4, -0.2) is 92.1 Å². The number of amides is 4. The van der Waals surface area contributed by atoms with E-state index in [0.717, 1.165) is 35.2 Å². The summed E-state index contributed by atoms with van der Waals surface area (Å²) in [5.74, 6) is -0.293. The highest BCUT2D eigenvalue weighted by molar-refractivity contribution is 5.87. The van der Waals surface area contributed by atoms with E-state index in [1.807, 2.05) is 101 Å². The monoisotopic (exact) mass is 784 g/mol. The SMILES string of the molecule is COC(=O)N[C@H](C(=O)N1C(C)CC[C@H]1c1nc(-c2ccc(-c3ccc(-c4nc([C@@H]5CC[C@H](C)N5C(=O)[C@@H](NC(=O)OC)C(C)C)[nH]c4F)cc3)cc2)c[nH]1)C(C)C. The Kier molecular flexibility index (Phi) is 12.3. The van der Waals surface area contributed by atoms with E-state index in [0.29, 0.717) is 30.1 Å². The molecule has 4 amide bonds. The van der Waals surface area contributed by atoms with Gasteiger partial charge in [0.15, 0.2) is 0 Å². The largest absolute Gasteiger partial charge is 0.453 e. The molecule has 1 unspecified atom stereocenters. The lowest BCUT2D eigenvalue weighted by Crippen LogP contribution is -2.52. The van der Waals surface area contributed by atoms with Crippen LogP contribution in [0, 0.1) is 17.8 Å². The molecule has 0 saturated carbocycles. The highest BCUT2D eigenvalue weighted by atomic mass is 19.1. The Morgan fingerprint density at radius 1 is 0.684 bits per heavy atom. The number of carbonyl (C=O) groups excluding carboxylic acids is 4. The molecular weight excluding hydrogens is 732 g/mol. The Balaban J connectivity index is 1.15. The fourth-order valence-corrected chi connectivity index (χ4v) is 7.99. The summed E-state index contributed by atoms with van der Waals surface area (Å²) in [5, 5.41) is 5.35. The van der Waals surface area contributed by atoms with Crippen LogP contribution in [0.25, 0.3) is 33.6 Å². The van der Waals surface area contributed by atoms with Crippen LogP contribution in [0.3, 0.4) is 0 Å². The van der Waals surface area contributed by atoms with Crippen molar-refractivity contribution in [2.24, 2.45) is 11.8 Å². The van der Waals surface area contributed by atoms with Crippen molar-refractivity contribution in [2.45, 2.75) is 103 Å². The molecule has 2 aromatic heterocycles. The van der Waals surface area contributed by atoms with E-state index in [2.05, 4.69) is 25.6 Å². The van der Waals surface area contributed by atoms with Crippen LogP contribution >= 0.6 is 0 Å². The lowest BCUT2D eigenvalue weighted by atomic mass is 10.0. The van der Waals surface area contributed by atoms with E-state index in [1.165, 1.54) is 14.2 Å². The van der Waals surface area contributed by atoms with Crippen molar-refractivity contribution in [3.05, 3.63) is 72.3 Å². The fraction of sp³-hybridized carbons (Fsp3) is 0.476. The first-order chi connectivity index (χ1) is 27.2. The van der Waals surface area contributed by atoms with Crippen molar-refractivity contribution < 1.29 is 33.0 Å². The standard InChI is InChI=1S/C42H53FN8O6/c1-22(2)33(47-41(54)56-7)39(52)50-24(5)9-19-31(50)37-44-21-30(45-37)28-15-11-26(12-16-28)27-13-17-29(18-14-27)35-36(43)49-38(46-35)32-20-10-25(6)51(32)40(53)34(23(3)4)48-42(55)57-8/h11-18,21-25,31-34H,9-10,19-20H2,1-8H3,(H,44,45)(H,46,49)(H,47,54)(H,48,55)/t24?,25-,31-,32-,33-,34-/m0/s1. The number of methoxy groups -OCH3 is 2. The quantitative estimate of drug-likeness (QED) is 0.124. The first kappa shape index (κ1) is 40.9. The van der Waals surface area contributed by atoms with Gasteiger partial charge >= 0.3 is 12.2 Å². The van der Waals surface area contributed by atoms with Gasteiger partial charge in [-0.15, -0.1) is 0 Å². The maximum atomic E-state index is 15.5. The maximum Gasteiger partial charge on any atom is 0.407 e. The zero-order chi connectivity index (χ0) is 41.1.